The summed E-state index contributed by atoms with van der Waals surface area (Å²) in [4.78, 5) is 17.1. The van der Waals surface area contributed by atoms with Crippen molar-refractivity contribution in [2.45, 2.75) is 12.1 Å². The Morgan fingerprint density at radius 1 is 1.29 bits per heavy atom. The normalized spacial score (nSPS) is 19.9. The molecule has 1 heterocycles. The van der Waals surface area contributed by atoms with Crippen LogP contribution in [0.2, 0.25) is 0 Å². The molecule has 0 bridgehead atoms. The van der Waals surface area contributed by atoms with Crippen molar-refractivity contribution in [1.82, 2.24) is 4.98 Å². The van der Waals surface area contributed by atoms with Crippen molar-refractivity contribution in [3.05, 3.63) is 66.0 Å². The molecule has 0 radical (unpaired) electrons. The van der Waals surface area contributed by atoms with Crippen molar-refractivity contribution in [2.75, 3.05) is 4.90 Å². The van der Waals surface area contributed by atoms with Crippen LogP contribution in [-0.4, -0.2) is 16.2 Å². The Morgan fingerprint density at radius 3 is 2.76 bits per heavy atom. The Morgan fingerprint density at radius 2 is 2.05 bits per heavy atom. The van der Waals surface area contributed by atoms with E-state index in [0.29, 0.717) is 12.1 Å². The van der Waals surface area contributed by atoms with Crippen LogP contribution in [0.25, 0.3) is 6.08 Å². The molecule has 1 aliphatic carbocycles. The number of fused-ring (bicyclic) bond motifs is 1. The van der Waals surface area contributed by atoms with Gasteiger partial charge in [0, 0.05) is 30.1 Å². The Labute approximate surface area is 122 Å². The molecule has 2 aromatic rings. The number of aromatic nitrogens is 1. The standard InChI is InChI=1S/C16H15N3O2/c17-16(9-4-5-12-11-18-10-8-14(12)16)19(15(20)21)13-6-2-1-3-7-13/h1-8,10-11H,9,17H2,(H,20,21). The molecule has 0 saturated carbocycles. The number of nitrogens with zero attached hydrogens (tertiary/aromatic N) is 2. The third kappa shape index (κ3) is 2.17. The molecule has 3 N–H and O–H groups in total. The highest BCUT2D eigenvalue weighted by atomic mass is 16.4. The van der Waals surface area contributed by atoms with Gasteiger partial charge in [-0.3, -0.25) is 9.88 Å². The van der Waals surface area contributed by atoms with E-state index in [1.165, 1.54) is 4.90 Å². The molecule has 1 unspecified atom stereocenters. The Hall–Kier alpha value is -2.66. The first-order valence-electron chi connectivity index (χ1n) is 6.61. The maximum atomic E-state index is 11.8. The summed E-state index contributed by atoms with van der Waals surface area (Å²) in [6.45, 7) is 0. The van der Waals surface area contributed by atoms with Gasteiger partial charge in [0.15, 0.2) is 0 Å². The summed E-state index contributed by atoms with van der Waals surface area (Å²) < 4.78 is 0. The summed E-state index contributed by atoms with van der Waals surface area (Å²) in [5.41, 5.74) is 7.52. The van der Waals surface area contributed by atoms with Gasteiger partial charge in [-0.05, 0) is 23.8 Å². The van der Waals surface area contributed by atoms with Gasteiger partial charge >= 0.3 is 6.09 Å². The van der Waals surface area contributed by atoms with E-state index in [-0.39, 0.29) is 0 Å². The fraction of sp³-hybridized carbons (Fsp3) is 0.125. The Kier molecular flexibility index (Phi) is 3.19. The monoisotopic (exact) mass is 281 g/mol. The Bertz CT molecular complexity index is 700. The molecule has 0 fully saturated rings. The van der Waals surface area contributed by atoms with E-state index < -0.39 is 11.8 Å². The fourth-order valence-electron chi connectivity index (χ4n) is 2.71. The number of rotatable bonds is 2. The topological polar surface area (TPSA) is 79.5 Å². The summed E-state index contributed by atoms with van der Waals surface area (Å²) >= 11 is 0. The van der Waals surface area contributed by atoms with Gasteiger partial charge in [0.1, 0.15) is 5.66 Å². The summed E-state index contributed by atoms with van der Waals surface area (Å²) in [6.07, 6.45) is 6.44. The molecule has 1 atom stereocenters. The molecule has 1 aliphatic rings. The van der Waals surface area contributed by atoms with E-state index in [9.17, 15) is 9.90 Å². The molecule has 21 heavy (non-hydrogen) atoms. The molecule has 106 valence electrons. The molecule has 1 aromatic carbocycles. The van der Waals surface area contributed by atoms with E-state index in [1.807, 2.05) is 18.2 Å². The van der Waals surface area contributed by atoms with Crippen molar-refractivity contribution < 1.29 is 9.90 Å². The number of benzene rings is 1. The van der Waals surface area contributed by atoms with Gasteiger partial charge < -0.3 is 10.8 Å². The van der Waals surface area contributed by atoms with E-state index >= 15 is 0 Å². The highest BCUT2D eigenvalue weighted by Crippen LogP contribution is 2.37. The first-order valence-corrected chi connectivity index (χ1v) is 6.61. The minimum Gasteiger partial charge on any atom is -0.465 e. The minimum atomic E-state index is -1.14. The first-order chi connectivity index (χ1) is 10.1. The lowest BCUT2D eigenvalue weighted by molar-refractivity contribution is 0.191. The number of nitrogens with two attached hydrogens (primary N) is 1. The van der Waals surface area contributed by atoms with Gasteiger partial charge in [0.2, 0.25) is 0 Å². The number of para-hydroxylation sites is 1. The lowest BCUT2D eigenvalue weighted by atomic mass is 9.87. The number of amides is 1. The van der Waals surface area contributed by atoms with Crippen LogP contribution >= 0.6 is 0 Å². The highest BCUT2D eigenvalue weighted by Gasteiger charge is 2.40. The van der Waals surface area contributed by atoms with E-state index in [0.717, 1.165) is 11.1 Å². The molecule has 1 aromatic heterocycles. The van der Waals surface area contributed by atoms with Gasteiger partial charge in [-0.1, -0.05) is 30.4 Å². The molecule has 0 saturated heterocycles. The molecule has 3 rings (SSSR count). The van der Waals surface area contributed by atoms with Crippen molar-refractivity contribution >= 4 is 17.9 Å². The van der Waals surface area contributed by atoms with Crippen molar-refractivity contribution in [3.63, 3.8) is 0 Å². The third-order valence-electron chi connectivity index (χ3n) is 3.65. The van der Waals surface area contributed by atoms with Gasteiger partial charge in [0.05, 0.1) is 0 Å². The number of hydrogen-bond donors (Lipinski definition) is 2. The van der Waals surface area contributed by atoms with Crippen LogP contribution in [0.5, 0.6) is 0 Å². The number of anilines is 1. The number of pyridine rings is 1. The smallest absolute Gasteiger partial charge is 0.413 e. The predicted molar refractivity (Wildman–Crippen MR) is 80.7 cm³/mol. The summed E-state index contributed by atoms with van der Waals surface area (Å²) in [5.74, 6) is 0. The number of hydrogen-bond acceptors (Lipinski definition) is 3. The number of carbonyl (C=O) groups is 1. The predicted octanol–water partition coefficient (Wildman–Crippen LogP) is 2.79. The van der Waals surface area contributed by atoms with Crippen molar-refractivity contribution in [1.29, 1.82) is 0 Å². The summed E-state index contributed by atoms with van der Waals surface area (Å²) in [7, 11) is 0. The minimum absolute atomic E-state index is 0.408. The largest absolute Gasteiger partial charge is 0.465 e. The van der Waals surface area contributed by atoms with Crippen LogP contribution in [0, 0.1) is 0 Å². The second-order valence-electron chi connectivity index (χ2n) is 4.95. The maximum Gasteiger partial charge on any atom is 0.413 e. The molecule has 1 amide bonds. The van der Waals surface area contributed by atoms with E-state index in [1.54, 1.807) is 42.7 Å². The average molecular weight is 281 g/mol. The van der Waals surface area contributed by atoms with Gasteiger partial charge in [-0.2, -0.15) is 0 Å². The molecule has 5 nitrogen and oxygen atoms in total. The first kappa shape index (κ1) is 13.3. The molecule has 0 aliphatic heterocycles. The van der Waals surface area contributed by atoms with Crippen molar-refractivity contribution in [2.24, 2.45) is 5.73 Å². The van der Waals surface area contributed by atoms with Crippen LogP contribution in [0.3, 0.4) is 0 Å². The van der Waals surface area contributed by atoms with Gasteiger partial charge in [-0.15, -0.1) is 0 Å². The second-order valence-corrected chi connectivity index (χ2v) is 4.95. The molecule has 5 heteroatoms. The quantitative estimate of drug-likeness (QED) is 0.829. The summed E-state index contributed by atoms with van der Waals surface area (Å²) in [6, 6.07) is 10.7. The molecule has 0 spiro atoms. The highest BCUT2D eigenvalue weighted by molar-refractivity contribution is 5.88. The molecular formula is C16H15N3O2. The van der Waals surface area contributed by atoms with Crippen LogP contribution in [-0.2, 0) is 5.66 Å². The van der Waals surface area contributed by atoms with E-state index in [2.05, 4.69) is 4.98 Å². The van der Waals surface area contributed by atoms with Gasteiger partial charge in [-0.25, -0.2) is 4.79 Å². The van der Waals surface area contributed by atoms with E-state index in [4.69, 9.17) is 5.73 Å². The molecular weight excluding hydrogens is 266 g/mol. The zero-order chi connectivity index (χ0) is 14.9. The third-order valence-corrected chi connectivity index (χ3v) is 3.65. The van der Waals surface area contributed by atoms with Crippen LogP contribution in [0.1, 0.15) is 17.5 Å². The van der Waals surface area contributed by atoms with Gasteiger partial charge in [0.25, 0.3) is 0 Å². The Balaban J connectivity index is 2.16. The zero-order valence-corrected chi connectivity index (χ0v) is 11.3. The SMILES string of the molecule is NC1(N(C(=O)O)c2ccccc2)CC=Cc2cnccc21. The zero-order valence-electron chi connectivity index (χ0n) is 11.3. The van der Waals surface area contributed by atoms with Crippen LogP contribution < -0.4 is 10.6 Å². The fourth-order valence-corrected chi connectivity index (χ4v) is 2.71. The number of carboxylic acid groups (broad SMARTS) is 1. The van der Waals surface area contributed by atoms with Crippen LogP contribution in [0.15, 0.2) is 54.9 Å². The lowest BCUT2D eigenvalue weighted by Gasteiger charge is -2.41. The summed E-state index contributed by atoms with van der Waals surface area (Å²) in [5, 5.41) is 9.68. The average Bonchev–Trinajstić information content (AvgIpc) is 2.48. The van der Waals surface area contributed by atoms with Crippen LogP contribution in [0.4, 0.5) is 10.5 Å². The lowest BCUT2D eigenvalue weighted by Crippen LogP contribution is -2.56. The van der Waals surface area contributed by atoms with Crippen molar-refractivity contribution in [3.8, 4) is 0 Å². The maximum absolute atomic E-state index is 11.8. The second kappa shape index (κ2) is 5.03.